The van der Waals surface area contributed by atoms with E-state index in [1.54, 1.807) is 4.90 Å². The second kappa shape index (κ2) is 6.22. The summed E-state index contributed by atoms with van der Waals surface area (Å²) in [7, 11) is 0. The number of hydrogen-bond acceptors (Lipinski definition) is 3. The third kappa shape index (κ3) is 4.03. The van der Waals surface area contributed by atoms with E-state index in [9.17, 15) is 9.59 Å². The monoisotopic (exact) mass is 318 g/mol. The van der Waals surface area contributed by atoms with Crippen molar-refractivity contribution in [2.24, 2.45) is 0 Å². The molecular weight excluding hydrogens is 292 g/mol. The van der Waals surface area contributed by atoms with Crippen molar-refractivity contribution in [3.63, 3.8) is 0 Å². The molecule has 1 N–H and O–H groups in total. The van der Waals surface area contributed by atoms with E-state index >= 15 is 0 Å². The van der Waals surface area contributed by atoms with Crippen molar-refractivity contribution in [2.75, 3.05) is 19.7 Å². The van der Waals surface area contributed by atoms with Crippen LogP contribution >= 0.6 is 0 Å². The number of cyclic esters (lactones) is 1. The molecule has 0 aliphatic carbocycles. The smallest absolute Gasteiger partial charge is 0.410 e. The van der Waals surface area contributed by atoms with Crippen molar-refractivity contribution in [3.8, 4) is 0 Å². The summed E-state index contributed by atoms with van der Waals surface area (Å²) >= 11 is 0. The molecule has 0 spiro atoms. The van der Waals surface area contributed by atoms with E-state index in [-0.39, 0.29) is 17.4 Å². The number of nitrogens with zero attached hydrogens (tertiary/aromatic N) is 1. The zero-order valence-corrected chi connectivity index (χ0v) is 14.6. The molecule has 0 unspecified atom stereocenters. The lowest BCUT2D eigenvalue weighted by molar-refractivity contribution is 0.0903. The highest BCUT2D eigenvalue weighted by Gasteiger charge is 2.35. The van der Waals surface area contributed by atoms with Gasteiger partial charge < -0.3 is 10.1 Å². The molecular formula is C18H26N2O3. The molecule has 0 atom stereocenters. The molecule has 0 radical (unpaired) electrons. The van der Waals surface area contributed by atoms with Crippen LogP contribution in [-0.2, 0) is 10.2 Å². The van der Waals surface area contributed by atoms with Crippen LogP contribution in [0.4, 0.5) is 4.79 Å². The van der Waals surface area contributed by atoms with Gasteiger partial charge in [-0.05, 0) is 37.0 Å². The van der Waals surface area contributed by atoms with E-state index in [0.717, 1.165) is 0 Å². The Morgan fingerprint density at radius 2 is 1.78 bits per heavy atom. The van der Waals surface area contributed by atoms with Gasteiger partial charge in [0, 0.05) is 12.1 Å². The molecule has 1 aromatic rings. The molecule has 1 fully saturated rings. The molecule has 1 heterocycles. The third-order valence-electron chi connectivity index (χ3n) is 4.19. The standard InChI is InChI=1S/C18H26N2O3/c1-17(2,3)14-8-6-13(7-9-14)15(21)19-12-18(4,5)20-10-11-23-16(20)22/h6-9H,10-12H2,1-5H3,(H,19,21). The number of carbonyl (C=O) groups excluding carboxylic acids is 2. The van der Waals surface area contributed by atoms with Crippen molar-refractivity contribution in [3.05, 3.63) is 35.4 Å². The number of hydrogen-bond donors (Lipinski definition) is 1. The normalized spacial score (nSPS) is 15.5. The average molecular weight is 318 g/mol. The summed E-state index contributed by atoms with van der Waals surface area (Å²) in [6, 6.07) is 7.65. The molecule has 0 saturated carbocycles. The Morgan fingerprint density at radius 1 is 1.17 bits per heavy atom. The summed E-state index contributed by atoms with van der Waals surface area (Å²) in [6.07, 6.45) is -0.321. The second-order valence-electron chi connectivity index (χ2n) is 7.59. The molecule has 1 aromatic carbocycles. The Kier molecular flexibility index (Phi) is 4.68. The molecule has 5 heteroatoms. The van der Waals surface area contributed by atoms with E-state index in [2.05, 4.69) is 26.1 Å². The van der Waals surface area contributed by atoms with E-state index in [1.807, 2.05) is 38.1 Å². The quantitative estimate of drug-likeness (QED) is 0.928. The van der Waals surface area contributed by atoms with Crippen LogP contribution < -0.4 is 5.32 Å². The summed E-state index contributed by atoms with van der Waals surface area (Å²) in [5.41, 5.74) is 1.40. The number of rotatable bonds is 4. The Labute approximate surface area is 138 Å². The van der Waals surface area contributed by atoms with Crippen molar-refractivity contribution in [2.45, 2.75) is 45.6 Å². The Balaban J connectivity index is 1.98. The fourth-order valence-electron chi connectivity index (χ4n) is 2.56. The zero-order valence-electron chi connectivity index (χ0n) is 14.6. The molecule has 126 valence electrons. The topological polar surface area (TPSA) is 58.6 Å². The van der Waals surface area contributed by atoms with Gasteiger partial charge in [-0.25, -0.2) is 4.79 Å². The SMILES string of the molecule is CC(C)(C)c1ccc(C(=O)NCC(C)(C)N2CCOC2=O)cc1. The van der Waals surface area contributed by atoms with Gasteiger partial charge in [0.1, 0.15) is 6.61 Å². The van der Waals surface area contributed by atoms with Crippen LogP contribution in [0.3, 0.4) is 0 Å². The van der Waals surface area contributed by atoms with Crippen molar-refractivity contribution < 1.29 is 14.3 Å². The Morgan fingerprint density at radius 3 is 2.26 bits per heavy atom. The fraction of sp³-hybridized carbons (Fsp3) is 0.556. The number of ether oxygens (including phenoxy) is 1. The van der Waals surface area contributed by atoms with Gasteiger partial charge in [-0.3, -0.25) is 9.69 Å². The number of nitrogens with one attached hydrogen (secondary N) is 1. The maximum Gasteiger partial charge on any atom is 0.410 e. The summed E-state index contributed by atoms with van der Waals surface area (Å²) in [5, 5.41) is 2.91. The van der Waals surface area contributed by atoms with Crippen molar-refractivity contribution in [1.29, 1.82) is 0 Å². The molecule has 2 amide bonds. The summed E-state index contributed by atoms with van der Waals surface area (Å²) in [4.78, 5) is 25.6. The first-order valence-electron chi connectivity index (χ1n) is 7.94. The van der Waals surface area contributed by atoms with Crippen LogP contribution in [0.5, 0.6) is 0 Å². The van der Waals surface area contributed by atoms with Crippen LogP contribution in [0.25, 0.3) is 0 Å². The second-order valence-corrected chi connectivity index (χ2v) is 7.59. The fourth-order valence-corrected chi connectivity index (χ4v) is 2.56. The van der Waals surface area contributed by atoms with Crippen molar-refractivity contribution >= 4 is 12.0 Å². The predicted octanol–water partition coefficient (Wildman–Crippen LogP) is 2.94. The number of amides is 2. The van der Waals surface area contributed by atoms with E-state index < -0.39 is 5.54 Å². The van der Waals surface area contributed by atoms with E-state index in [1.165, 1.54) is 5.56 Å². The van der Waals surface area contributed by atoms with Gasteiger partial charge in [0.05, 0.1) is 12.1 Å². The minimum absolute atomic E-state index is 0.0626. The predicted molar refractivity (Wildman–Crippen MR) is 89.6 cm³/mol. The molecule has 1 aliphatic rings. The van der Waals surface area contributed by atoms with E-state index in [0.29, 0.717) is 25.3 Å². The summed E-state index contributed by atoms with van der Waals surface area (Å²) in [5.74, 6) is -0.133. The molecule has 2 rings (SSSR count). The highest BCUT2D eigenvalue weighted by Crippen LogP contribution is 2.22. The molecule has 1 aliphatic heterocycles. The molecule has 0 aromatic heterocycles. The third-order valence-corrected chi connectivity index (χ3v) is 4.19. The van der Waals surface area contributed by atoms with Gasteiger partial charge in [-0.2, -0.15) is 0 Å². The molecule has 0 bridgehead atoms. The van der Waals surface area contributed by atoms with Crippen LogP contribution in [0.2, 0.25) is 0 Å². The first-order chi connectivity index (χ1) is 10.6. The molecule has 5 nitrogen and oxygen atoms in total. The lowest BCUT2D eigenvalue weighted by Gasteiger charge is -2.33. The summed E-state index contributed by atoms with van der Waals surface area (Å²) < 4.78 is 4.96. The first-order valence-corrected chi connectivity index (χ1v) is 7.94. The van der Waals surface area contributed by atoms with Crippen LogP contribution in [-0.4, -0.2) is 42.1 Å². The number of carbonyl (C=O) groups is 2. The Hall–Kier alpha value is -2.04. The Bertz CT molecular complexity index is 585. The lowest BCUT2D eigenvalue weighted by Crippen LogP contribution is -2.52. The van der Waals surface area contributed by atoms with Gasteiger partial charge in [0.15, 0.2) is 0 Å². The highest BCUT2D eigenvalue weighted by atomic mass is 16.6. The van der Waals surface area contributed by atoms with Crippen LogP contribution in [0.1, 0.15) is 50.5 Å². The number of benzene rings is 1. The molecule has 23 heavy (non-hydrogen) atoms. The largest absolute Gasteiger partial charge is 0.448 e. The van der Waals surface area contributed by atoms with Crippen molar-refractivity contribution in [1.82, 2.24) is 10.2 Å². The van der Waals surface area contributed by atoms with Crippen LogP contribution in [0.15, 0.2) is 24.3 Å². The van der Waals surface area contributed by atoms with Gasteiger partial charge in [0.25, 0.3) is 5.91 Å². The van der Waals surface area contributed by atoms with Gasteiger partial charge >= 0.3 is 6.09 Å². The lowest BCUT2D eigenvalue weighted by atomic mass is 9.86. The van der Waals surface area contributed by atoms with E-state index in [4.69, 9.17) is 4.74 Å². The maximum absolute atomic E-state index is 12.3. The minimum atomic E-state index is -0.478. The zero-order chi connectivity index (χ0) is 17.3. The first kappa shape index (κ1) is 17.3. The average Bonchev–Trinajstić information content (AvgIpc) is 2.91. The maximum atomic E-state index is 12.3. The summed E-state index contributed by atoms with van der Waals surface area (Å²) in [6.45, 7) is 11.6. The highest BCUT2D eigenvalue weighted by molar-refractivity contribution is 5.94. The molecule has 1 saturated heterocycles. The minimum Gasteiger partial charge on any atom is -0.448 e. The van der Waals surface area contributed by atoms with Crippen LogP contribution in [0, 0.1) is 0 Å². The van der Waals surface area contributed by atoms with Gasteiger partial charge in [-0.15, -0.1) is 0 Å². The van der Waals surface area contributed by atoms with Gasteiger partial charge in [-0.1, -0.05) is 32.9 Å². The van der Waals surface area contributed by atoms with Gasteiger partial charge in [0.2, 0.25) is 0 Å².